The molecule has 0 spiro atoms. The van der Waals surface area contributed by atoms with Crippen LogP contribution in [0.1, 0.15) is 10.4 Å². The average Bonchev–Trinajstić information content (AvgIpc) is 2.36. The fourth-order valence-electron chi connectivity index (χ4n) is 1.30. The third-order valence-electron chi connectivity index (χ3n) is 2.25. The van der Waals surface area contributed by atoms with E-state index in [9.17, 15) is 9.18 Å². The molecule has 1 aromatic carbocycles. The Bertz CT molecular complexity index is 405. The molecule has 0 aliphatic rings. The number of carbonyl (C=O) groups is 1. The number of nitrogens with one attached hydrogen (secondary N) is 2. The van der Waals surface area contributed by atoms with Crippen molar-refractivity contribution in [3.05, 3.63) is 34.6 Å². The molecule has 1 aromatic rings. The van der Waals surface area contributed by atoms with Gasteiger partial charge in [0, 0.05) is 32.3 Å². The monoisotopic (exact) mass is 310 g/mol. The molecule has 2 N–H and O–H groups in total. The maximum Gasteiger partial charge on any atom is 0.251 e. The summed E-state index contributed by atoms with van der Waals surface area (Å²) in [4.78, 5) is 11.6. The van der Waals surface area contributed by atoms with Crippen LogP contribution in [0.2, 0.25) is 5.02 Å². The summed E-state index contributed by atoms with van der Waals surface area (Å²) in [5, 5.41) is 5.76. The van der Waals surface area contributed by atoms with Crippen molar-refractivity contribution in [3.63, 3.8) is 0 Å². The first-order valence-corrected chi connectivity index (χ1v) is 5.96. The number of hydrogen-bond donors (Lipinski definition) is 2. The van der Waals surface area contributed by atoms with E-state index in [1.807, 2.05) is 0 Å². The van der Waals surface area contributed by atoms with E-state index in [2.05, 4.69) is 10.6 Å². The van der Waals surface area contributed by atoms with Crippen molar-refractivity contribution in [1.29, 1.82) is 0 Å². The molecular formula is C12H17Cl2FN2O2. The van der Waals surface area contributed by atoms with Crippen LogP contribution in [0.4, 0.5) is 4.39 Å². The van der Waals surface area contributed by atoms with Crippen LogP contribution in [-0.4, -0.2) is 39.3 Å². The van der Waals surface area contributed by atoms with Crippen LogP contribution in [0.15, 0.2) is 18.2 Å². The molecule has 0 radical (unpaired) electrons. The zero-order chi connectivity index (χ0) is 13.4. The molecule has 0 saturated carbocycles. The van der Waals surface area contributed by atoms with Crippen molar-refractivity contribution in [2.45, 2.75) is 0 Å². The van der Waals surface area contributed by atoms with Crippen molar-refractivity contribution in [1.82, 2.24) is 10.6 Å². The number of halogens is 3. The van der Waals surface area contributed by atoms with E-state index >= 15 is 0 Å². The summed E-state index contributed by atoms with van der Waals surface area (Å²) >= 11 is 5.53. The zero-order valence-electron chi connectivity index (χ0n) is 10.5. The first-order valence-electron chi connectivity index (χ1n) is 5.58. The summed E-state index contributed by atoms with van der Waals surface area (Å²) < 4.78 is 18.0. The number of methoxy groups -OCH3 is 1. The minimum Gasteiger partial charge on any atom is -0.383 e. The molecule has 108 valence electrons. The molecule has 1 amide bonds. The third-order valence-corrected chi connectivity index (χ3v) is 2.56. The molecule has 0 saturated heterocycles. The first kappa shape index (κ1) is 18.1. The van der Waals surface area contributed by atoms with E-state index in [1.54, 1.807) is 7.11 Å². The van der Waals surface area contributed by atoms with Crippen molar-refractivity contribution >= 4 is 29.9 Å². The van der Waals surface area contributed by atoms with E-state index in [0.717, 1.165) is 12.6 Å². The van der Waals surface area contributed by atoms with Crippen LogP contribution in [-0.2, 0) is 4.74 Å². The number of carbonyl (C=O) groups excluding carboxylic acids is 1. The molecule has 0 aromatic heterocycles. The topological polar surface area (TPSA) is 50.4 Å². The quantitative estimate of drug-likeness (QED) is 0.756. The van der Waals surface area contributed by atoms with Gasteiger partial charge in [-0.05, 0) is 18.2 Å². The number of hydrogen-bond acceptors (Lipinski definition) is 3. The van der Waals surface area contributed by atoms with Crippen molar-refractivity contribution < 1.29 is 13.9 Å². The van der Waals surface area contributed by atoms with E-state index in [4.69, 9.17) is 16.3 Å². The van der Waals surface area contributed by atoms with E-state index in [1.165, 1.54) is 12.1 Å². The molecule has 0 bridgehead atoms. The molecule has 7 heteroatoms. The molecule has 0 atom stereocenters. The Balaban J connectivity index is 0.00000324. The molecule has 19 heavy (non-hydrogen) atoms. The average molecular weight is 311 g/mol. The lowest BCUT2D eigenvalue weighted by atomic mass is 10.2. The summed E-state index contributed by atoms with van der Waals surface area (Å²) in [6.45, 7) is 2.44. The molecule has 0 aliphatic heterocycles. The normalized spacial score (nSPS) is 9.84. The van der Waals surface area contributed by atoms with Crippen LogP contribution in [0.5, 0.6) is 0 Å². The Labute approximate surface area is 123 Å². The SMILES string of the molecule is COCCNCCNC(=O)c1ccc(Cl)c(F)c1.Cl. The fraction of sp³-hybridized carbons (Fsp3) is 0.417. The number of rotatable bonds is 7. The molecule has 4 nitrogen and oxygen atoms in total. The lowest BCUT2D eigenvalue weighted by Gasteiger charge is -2.07. The van der Waals surface area contributed by atoms with Crippen molar-refractivity contribution in [2.75, 3.05) is 33.4 Å². The second-order valence-electron chi connectivity index (χ2n) is 3.63. The lowest BCUT2D eigenvalue weighted by molar-refractivity contribution is 0.0953. The maximum atomic E-state index is 13.1. The van der Waals surface area contributed by atoms with Crippen molar-refractivity contribution in [3.8, 4) is 0 Å². The summed E-state index contributed by atoms with van der Waals surface area (Å²) in [7, 11) is 1.62. The van der Waals surface area contributed by atoms with Gasteiger partial charge in [-0.2, -0.15) is 0 Å². The highest BCUT2D eigenvalue weighted by Crippen LogP contribution is 2.15. The van der Waals surface area contributed by atoms with Gasteiger partial charge in [0.1, 0.15) is 5.82 Å². The van der Waals surface area contributed by atoms with Crippen LogP contribution >= 0.6 is 24.0 Å². The van der Waals surface area contributed by atoms with Gasteiger partial charge in [-0.3, -0.25) is 4.79 Å². The molecule has 1 rings (SSSR count). The maximum absolute atomic E-state index is 13.1. The Morgan fingerprint density at radius 1 is 1.37 bits per heavy atom. The highest BCUT2D eigenvalue weighted by Gasteiger charge is 2.07. The smallest absolute Gasteiger partial charge is 0.251 e. The zero-order valence-corrected chi connectivity index (χ0v) is 12.1. The summed E-state index contributed by atoms with van der Waals surface area (Å²) in [5.74, 6) is -0.915. The lowest BCUT2D eigenvalue weighted by Crippen LogP contribution is -2.33. The minimum absolute atomic E-state index is 0. The number of ether oxygens (including phenoxy) is 1. The van der Waals surface area contributed by atoms with Gasteiger partial charge in [0.05, 0.1) is 11.6 Å². The van der Waals surface area contributed by atoms with Gasteiger partial charge in [0.2, 0.25) is 0 Å². The summed E-state index contributed by atoms with van der Waals surface area (Å²) in [6.07, 6.45) is 0. The first-order chi connectivity index (χ1) is 8.65. The van der Waals surface area contributed by atoms with Crippen LogP contribution in [0, 0.1) is 5.82 Å². The Morgan fingerprint density at radius 2 is 2.11 bits per heavy atom. The molecule has 0 aliphatic carbocycles. The predicted molar refractivity (Wildman–Crippen MR) is 75.7 cm³/mol. The van der Waals surface area contributed by atoms with E-state index < -0.39 is 5.82 Å². The molecular weight excluding hydrogens is 294 g/mol. The van der Waals surface area contributed by atoms with Crippen molar-refractivity contribution in [2.24, 2.45) is 0 Å². The van der Waals surface area contributed by atoms with Gasteiger partial charge < -0.3 is 15.4 Å². The molecule has 0 heterocycles. The van der Waals surface area contributed by atoms with Gasteiger partial charge in [-0.15, -0.1) is 12.4 Å². The summed E-state index contributed by atoms with van der Waals surface area (Å²) in [6, 6.07) is 3.97. The van der Waals surface area contributed by atoms with E-state index in [-0.39, 0.29) is 28.9 Å². The Morgan fingerprint density at radius 3 is 2.74 bits per heavy atom. The number of amides is 1. The third kappa shape index (κ3) is 6.73. The van der Waals surface area contributed by atoms with Gasteiger partial charge in [-0.1, -0.05) is 11.6 Å². The second kappa shape index (κ2) is 9.97. The van der Waals surface area contributed by atoms with Gasteiger partial charge in [0.15, 0.2) is 0 Å². The van der Waals surface area contributed by atoms with Crippen LogP contribution < -0.4 is 10.6 Å². The van der Waals surface area contributed by atoms with Gasteiger partial charge >= 0.3 is 0 Å². The standard InChI is InChI=1S/C12H16ClFN2O2.ClH/c1-18-7-6-15-4-5-16-12(17)9-2-3-10(13)11(14)8-9;/h2-3,8,15H,4-7H2,1H3,(H,16,17);1H. The minimum atomic E-state index is -0.595. The fourth-order valence-corrected chi connectivity index (χ4v) is 1.42. The molecule has 0 fully saturated rings. The Hall–Kier alpha value is -0.880. The summed E-state index contributed by atoms with van der Waals surface area (Å²) in [5.41, 5.74) is 0.258. The van der Waals surface area contributed by atoms with Crippen LogP contribution in [0.25, 0.3) is 0 Å². The van der Waals surface area contributed by atoms with E-state index in [0.29, 0.717) is 19.7 Å². The largest absolute Gasteiger partial charge is 0.383 e. The highest BCUT2D eigenvalue weighted by atomic mass is 35.5. The predicted octanol–water partition coefficient (Wildman–Crippen LogP) is 1.87. The second-order valence-corrected chi connectivity index (χ2v) is 4.03. The van der Waals surface area contributed by atoms with Crippen LogP contribution in [0.3, 0.4) is 0 Å². The van der Waals surface area contributed by atoms with Gasteiger partial charge in [-0.25, -0.2) is 4.39 Å². The Kier molecular flexibility index (Phi) is 9.51. The number of benzene rings is 1. The highest BCUT2D eigenvalue weighted by molar-refractivity contribution is 6.30. The molecule has 0 unspecified atom stereocenters. The van der Waals surface area contributed by atoms with Gasteiger partial charge in [0.25, 0.3) is 5.91 Å².